The van der Waals surface area contributed by atoms with E-state index in [1.807, 2.05) is 0 Å². The van der Waals surface area contributed by atoms with E-state index in [0.29, 0.717) is 26.4 Å². The van der Waals surface area contributed by atoms with E-state index in [9.17, 15) is 8.42 Å². The maximum absolute atomic E-state index is 12.4. The van der Waals surface area contributed by atoms with Gasteiger partial charge in [-0.2, -0.15) is 0 Å². The van der Waals surface area contributed by atoms with E-state index in [1.165, 1.54) is 6.07 Å². The second kappa shape index (κ2) is 5.63. The Bertz CT molecular complexity index is 763. The van der Waals surface area contributed by atoms with Crippen molar-refractivity contribution in [1.29, 1.82) is 0 Å². The Morgan fingerprint density at radius 1 is 1.20 bits per heavy atom. The Morgan fingerprint density at radius 2 is 1.90 bits per heavy atom. The first kappa shape index (κ1) is 15.2. The van der Waals surface area contributed by atoms with Crippen LogP contribution in [0.3, 0.4) is 0 Å². The highest BCUT2D eigenvalue weighted by Gasteiger charge is 2.17. The summed E-state index contributed by atoms with van der Waals surface area (Å²) in [6.07, 6.45) is 0. The molecule has 0 saturated heterocycles. The van der Waals surface area contributed by atoms with Gasteiger partial charge < -0.3 is 5.73 Å². The zero-order chi connectivity index (χ0) is 14.9. The van der Waals surface area contributed by atoms with Crippen molar-refractivity contribution in [2.45, 2.75) is 11.8 Å². The van der Waals surface area contributed by atoms with Crippen LogP contribution in [-0.4, -0.2) is 8.42 Å². The number of rotatable bonds is 3. The fraction of sp³-hybridized carbons (Fsp3) is 0.0769. The zero-order valence-corrected chi connectivity index (χ0v) is 13.7. The van der Waals surface area contributed by atoms with Gasteiger partial charge in [0, 0.05) is 10.2 Å². The molecule has 0 amide bonds. The molecule has 0 saturated carbocycles. The molecule has 2 rings (SSSR count). The van der Waals surface area contributed by atoms with Gasteiger partial charge in [0.15, 0.2) is 0 Å². The summed E-state index contributed by atoms with van der Waals surface area (Å²) in [5.41, 5.74) is 7.09. The molecule has 0 aromatic heterocycles. The van der Waals surface area contributed by atoms with Crippen molar-refractivity contribution >= 4 is 48.9 Å². The van der Waals surface area contributed by atoms with Gasteiger partial charge in [0.2, 0.25) is 0 Å². The molecular weight excluding hydrogens is 364 g/mol. The number of benzene rings is 2. The molecule has 0 heterocycles. The van der Waals surface area contributed by atoms with Gasteiger partial charge in [-0.3, -0.25) is 4.72 Å². The van der Waals surface area contributed by atoms with Crippen LogP contribution in [0.15, 0.2) is 45.8 Å². The largest absolute Gasteiger partial charge is 0.399 e. The van der Waals surface area contributed by atoms with Crippen LogP contribution in [0.2, 0.25) is 5.02 Å². The number of hydrogen-bond acceptors (Lipinski definition) is 3. The topological polar surface area (TPSA) is 72.2 Å². The molecule has 4 nitrogen and oxygen atoms in total. The van der Waals surface area contributed by atoms with Crippen molar-refractivity contribution in [3.05, 3.63) is 51.5 Å². The summed E-state index contributed by atoms with van der Waals surface area (Å²) in [6, 6.07) is 9.56. The smallest absolute Gasteiger partial charge is 0.262 e. The predicted octanol–water partition coefficient (Wildman–Crippen LogP) is 3.79. The van der Waals surface area contributed by atoms with Crippen molar-refractivity contribution in [1.82, 2.24) is 0 Å². The van der Waals surface area contributed by atoms with E-state index in [0.717, 1.165) is 0 Å². The second-order valence-corrected chi connectivity index (χ2v) is 7.17. The Kier molecular flexibility index (Phi) is 4.27. The van der Waals surface area contributed by atoms with Crippen LogP contribution in [0.4, 0.5) is 11.4 Å². The quantitative estimate of drug-likeness (QED) is 0.802. The molecule has 0 aliphatic carbocycles. The Morgan fingerprint density at radius 3 is 2.55 bits per heavy atom. The maximum Gasteiger partial charge on any atom is 0.262 e. The van der Waals surface area contributed by atoms with Gasteiger partial charge >= 0.3 is 0 Å². The average molecular weight is 376 g/mol. The standard InChI is InChI=1S/C13H12BrClN2O2S/c1-8-2-3-9(16)6-13(8)20(18,19)17-10-4-5-12(15)11(14)7-10/h2-7,17H,16H2,1H3. The summed E-state index contributed by atoms with van der Waals surface area (Å²) in [4.78, 5) is 0.156. The first-order valence-electron chi connectivity index (χ1n) is 5.63. The van der Waals surface area contributed by atoms with Crippen molar-refractivity contribution in [2.75, 3.05) is 10.5 Å². The number of nitrogens with one attached hydrogen (secondary N) is 1. The SMILES string of the molecule is Cc1ccc(N)cc1S(=O)(=O)Nc1ccc(Cl)c(Br)c1. The highest BCUT2D eigenvalue weighted by atomic mass is 79.9. The van der Waals surface area contributed by atoms with Crippen molar-refractivity contribution < 1.29 is 8.42 Å². The third-order valence-electron chi connectivity index (χ3n) is 2.67. The normalized spacial score (nSPS) is 11.3. The molecule has 0 fully saturated rings. The van der Waals surface area contributed by atoms with Gasteiger partial charge in [-0.1, -0.05) is 17.7 Å². The van der Waals surface area contributed by atoms with Gasteiger partial charge in [0.05, 0.1) is 15.6 Å². The fourth-order valence-electron chi connectivity index (χ4n) is 1.68. The lowest BCUT2D eigenvalue weighted by Gasteiger charge is -2.11. The Balaban J connectivity index is 2.40. The van der Waals surface area contributed by atoms with E-state index in [-0.39, 0.29) is 4.90 Å². The number of halogens is 2. The molecular formula is C13H12BrClN2O2S. The van der Waals surface area contributed by atoms with Crippen LogP contribution >= 0.6 is 27.5 Å². The summed E-state index contributed by atoms with van der Waals surface area (Å²) in [6.45, 7) is 1.71. The molecule has 0 aliphatic rings. The number of hydrogen-bond donors (Lipinski definition) is 2. The van der Waals surface area contributed by atoms with Crippen LogP contribution < -0.4 is 10.5 Å². The molecule has 106 valence electrons. The second-order valence-electron chi connectivity index (χ2n) is 4.26. The van der Waals surface area contributed by atoms with Crippen LogP contribution in [0.1, 0.15) is 5.56 Å². The zero-order valence-electron chi connectivity index (χ0n) is 10.5. The molecule has 3 N–H and O–H groups in total. The molecule has 0 bridgehead atoms. The van der Waals surface area contributed by atoms with Crippen LogP contribution in [0.25, 0.3) is 0 Å². The third kappa shape index (κ3) is 3.26. The number of sulfonamides is 1. The lowest BCUT2D eigenvalue weighted by atomic mass is 10.2. The van der Waals surface area contributed by atoms with E-state index in [1.54, 1.807) is 37.3 Å². The lowest BCUT2D eigenvalue weighted by molar-refractivity contribution is 0.600. The summed E-state index contributed by atoms with van der Waals surface area (Å²) in [5, 5.41) is 0.507. The summed E-state index contributed by atoms with van der Waals surface area (Å²) in [7, 11) is -3.69. The summed E-state index contributed by atoms with van der Waals surface area (Å²) < 4.78 is 27.8. The minimum Gasteiger partial charge on any atom is -0.399 e. The van der Waals surface area contributed by atoms with Gasteiger partial charge in [-0.15, -0.1) is 0 Å². The molecule has 0 atom stereocenters. The Hall–Kier alpha value is -1.24. The van der Waals surface area contributed by atoms with Crippen molar-refractivity contribution in [2.24, 2.45) is 0 Å². The van der Waals surface area contributed by atoms with Gasteiger partial charge in [-0.25, -0.2) is 8.42 Å². The molecule has 2 aromatic rings. The fourth-order valence-corrected chi connectivity index (χ4v) is 3.50. The van der Waals surface area contributed by atoms with E-state index >= 15 is 0 Å². The van der Waals surface area contributed by atoms with Gasteiger partial charge in [-0.05, 0) is 58.7 Å². The highest BCUT2D eigenvalue weighted by molar-refractivity contribution is 9.10. The summed E-state index contributed by atoms with van der Waals surface area (Å²) >= 11 is 9.12. The molecule has 0 radical (unpaired) electrons. The number of nitrogen functional groups attached to an aromatic ring is 1. The van der Waals surface area contributed by atoms with Gasteiger partial charge in [0.1, 0.15) is 0 Å². The third-order valence-corrected chi connectivity index (χ3v) is 5.41. The van der Waals surface area contributed by atoms with E-state index < -0.39 is 10.0 Å². The van der Waals surface area contributed by atoms with Crippen molar-refractivity contribution in [3.63, 3.8) is 0 Å². The number of nitrogens with two attached hydrogens (primary N) is 1. The number of anilines is 2. The average Bonchev–Trinajstić information content (AvgIpc) is 2.36. The minimum atomic E-state index is -3.69. The van der Waals surface area contributed by atoms with Crippen LogP contribution in [0, 0.1) is 6.92 Å². The Labute approximate surface area is 131 Å². The van der Waals surface area contributed by atoms with Crippen LogP contribution in [0.5, 0.6) is 0 Å². The molecule has 0 unspecified atom stereocenters. The van der Waals surface area contributed by atoms with E-state index in [2.05, 4.69) is 20.7 Å². The molecule has 0 spiro atoms. The lowest BCUT2D eigenvalue weighted by Crippen LogP contribution is -2.14. The number of aryl methyl sites for hydroxylation is 1. The minimum absolute atomic E-state index is 0.156. The summed E-state index contributed by atoms with van der Waals surface area (Å²) in [5.74, 6) is 0. The first-order chi connectivity index (χ1) is 9.29. The molecule has 7 heteroatoms. The van der Waals surface area contributed by atoms with E-state index in [4.69, 9.17) is 17.3 Å². The first-order valence-corrected chi connectivity index (χ1v) is 8.29. The predicted molar refractivity (Wildman–Crippen MR) is 85.6 cm³/mol. The van der Waals surface area contributed by atoms with Gasteiger partial charge in [0.25, 0.3) is 10.0 Å². The maximum atomic E-state index is 12.4. The molecule has 20 heavy (non-hydrogen) atoms. The molecule has 2 aromatic carbocycles. The van der Waals surface area contributed by atoms with Crippen molar-refractivity contribution in [3.8, 4) is 0 Å². The highest BCUT2D eigenvalue weighted by Crippen LogP contribution is 2.27. The monoisotopic (exact) mass is 374 g/mol. The molecule has 0 aliphatic heterocycles. The van der Waals surface area contributed by atoms with Crippen LogP contribution in [-0.2, 0) is 10.0 Å².